The Morgan fingerprint density at radius 1 is 1.24 bits per heavy atom. The number of hydrogen-bond acceptors (Lipinski definition) is 4. The van der Waals surface area contributed by atoms with Gasteiger partial charge in [-0.15, -0.1) is 24.0 Å². The van der Waals surface area contributed by atoms with Crippen LogP contribution in [0.1, 0.15) is 45.2 Å². The van der Waals surface area contributed by atoms with Gasteiger partial charge in [0.05, 0.1) is 11.8 Å². The third kappa shape index (κ3) is 5.05. The normalized spacial score (nSPS) is 29.9. The summed E-state index contributed by atoms with van der Waals surface area (Å²) in [6.07, 6.45) is 6.98. The van der Waals surface area contributed by atoms with Gasteiger partial charge in [-0.1, -0.05) is 19.9 Å². The van der Waals surface area contributed by atoms with E-state index in [-0.39, 0.29) is 29.4 Å². The molecule has 7 heteroatoms. The molecule has 3 unspecified atom stereocenters. The average molecular weight is 513 g/mol. The molecule has 1 aromatic heterocycles. The number of halogens is 1. The molecule has 0 amide bonds. The summed E-state index contributed by atoms with van der Waals surface area (Å²) in [5.74, 6) is 1.56. The molecule has 0 radical (unpaired) electrons. The Labute approximate surface area is 192 Å². The molecular weight excluding hydrogens is 477 g/mol. The van der Waals surface area contributed by atoms with Gasteiger partial charge < -0.3 is 15.4 Å². The number of hydrogen-bond donors (Lipinski definition) is 2. The van der Waals surface area contributed by atoms with E-state index in [0.29, 0.717) is 24.1 Å². The molecule has 0 bridgehead atoms. The van der Waals surface area contributed by atoms with E-state index in [1.807, 2.05) is 19.3 Å². The first-order valence-electron chi connectivity index (χ1n) is 10.8. The Hall–Kier alpha value is -0.930. The van der Waals surface area contributed by atoms with Crippen molar-refractivity contribution in [2.75, 3.05) is 26.7 Å². The SMILES string of the molecule is CN=C(NC1CCN(Cc2ccccn2)CC1)NC1C2CCCOC2C1(C)C.I. The summed E-state index contributed by atoms with van der Waals surface area (Å²) in [5.41, 5.74) is 1.32. The van der Waals surface area contributed by atoms with Crippen molar-refractivity contribution >= 4 is 29.9 Å². The minimum Gasteiger partial charge on any atom is -0.377 e. The number of ether oxygens (including phenoxy) is 1. The van der Waals surface area contributed by atoms with Crippen LogP contribution in [0.3, 0.4) is 0 Å². The van der Waals surface area contributed by atoms with Crippen LogP contribution in [0.4, 0.5) is 0 Å². The van der Waals surface area contributed by atoms with Crippen LogP contribution in [0.2, 0.25) is 0 Å². The molecule has 4 rings (SSSR count). The highest BCUT2D eigenvalue weighted by molar-refractivity contribution is 14.0. The zero-order valence-electron chi connectivity index (χ0n) is 17.9. The molecule has 2 saturated heterocycles. The van der Waals surface area contributed by atoms with Crippen molar-refractivity contribution in [3.63, 3.8) is 0 Å². The molecule has 162 valence electrons. The van der Waals surface area contributed by atoms with Gasteiger partial charge in [0.1, 0.15) is 0 Å². The number of rotatable bonds is 4. The van der Waals surface area contributed by atoms with Gasteiger partial charge in [-0.2, -0.15) is 0 Å². The largest absolute Gasteiger partial charge is 0.377 e. The summed E-state index contributed by atoms with van der Waals surface area (Å²) >= 11 is 0. The summed E-state index contributed by atoms with van der Waals surface area (Å²) in [5, 5.41) is 7.40. The fourth-order valence-electron chi connectivity index (χ4n) is 5.28. The van der Waals surface area contributed by atoms with E-state index in [1.54, 1.807) is 0 Å². The lowest BCUT2D eigenvalue weighted by molar-refractivity contribution is -0.188. The molecule has 2 N–H and O–H groups in total. The summed E-state index contributed by atoms with van der Waals surface area (Å²) in [4.78, 5) is 11.5. The summed E-state index contributed by atoms with van der Waals surface area (Å²) in [7, 11) is 1.88. The molecule has 6 nitrogen and oxygen atoms in total. The molecule has 0 spiro atoms. The van der Waals surface area contributed by atoms with Gasteiger partial charge in [0.15, 0.2) is 5.96 Å². The van der Waals surface area contributed by atoms with E-state index in [4.69, 9.17) is 4.74 Å². The smallest absolute Gasteiger partial charge is 0.191 e. The number of nitrogens with zero attached hydrogens (tertiary/aromatic N) is 3. The van der Waals surface area contributed by atoms with E-state index >= 15 is 0 Å². The monoisotopic (exact) mass is 513 g/mol. The standard InChI is InChI=1S/C22H35N5O.HI/c1-22(2)19(18-8-6-14-28-20(18)22)26-21(23-3)25-16-9-12-27(13-10-16)15-17-7-4-5-11-24-17;/h4-5,7,11,16,18-20H,6,8-10,12-15H2,1-3H3,(H2,23,25,26);1H. The molecule has 1 saturated carbocycles. The second-order valence-corrected chi connectivity index (χ2v) is 9.13. The van der Waals surface area contributed by atoms with E-state index in [2.05, 4.69) is 51.5 Å². The molecule has 0 aromatic carbocycles. The van der Waals surface area contributed by atoms with E-state index in [9.17, 15) is 0 Å². The van der Waals surface area contributed by atoms with Gasteiger partial charge in [0.25, 0.3) is 0 Å². The number of fused-ring (bicyclic) bond motifs is 1. The zero-order valence-corrected chi connectivity index (χ0v) is 20.3. The minimum atomic E-state index is 0. The number of guanidine groups is 1. The highest BCUT2D eigenvalue weighted by Crippen LogP contribution is 2.51. The van der Waals surface area contributed by atoms with Gasteiger partial charge in [0, 0.05) is 62.9 Å². The molecule has 3 fully saturated rings. The first-order valence-corrected chi connectivity index (χ1v) is 10.8. The fraction of sp³-hybridized carbons (Fsp3) is 0.727. The zero-order chi connectivity index (χ0) is 19.6. The number of piperidine rings is 1. The molecule has 3 heterocycles. The van der Waals surface area contributed by atoms with Crippen molar-refractivity contribution in [3.8, 4) is 0 Å². The van der Waals surface area contributed by atoms with Crippen LogP contribution in [0.25, 0.3) is 0 Å². The number of pyridine rings is 1. The second-order valence-electron chi connectivity index (χ2n) is 9.13. The maximum Gasteiger partial charge on any atom is 0.191 e. The van der Waals surface area contributed by atoms with Gasteiger partial charge in [-0.3, -0.25) is 14.9 Å². The topological polar surface area (TPSA) is 61.8 Å². The highest BCUT2D eigenvalue weighted by Gasteiger charge is 2.58. The first-order chi connectivity index (χ1) is 13.6. The Morgan fingerprint density at radius 2 is 2.03 bits per heavy atom. The van der Waals surface area contributed by atoms with Gasteiger partial charge in [-0.25, -0.2) is 0 Å². The Balaban J connectivity index is 0.00000240. The number of aromatic nitrogens is 1. The summed E-state index contributed by atoms with van der Waals surface area (Å²) in [6.45, 7) is 8.69. The van der Waals surface area contributed by atoms with Crippen LogP contribution < -0.4 is 10.6 Å². The quantitative estimate of drug-likeness (QED) is 0.368. The van der Waals surface area contributed by atoms with Crippen molar-refractivity contribution in [3.05, 3.63) is 30.1 Å². The third-order valence-corrected chi connectivity index (χ3v) is 6.89. The van der Waals surface area contributed by atoms with E-state index in [0.717, 1.165) is 50.7 Å². The summed E-state index contributed by atoms with van der Waals surface area (Å²) < 4.78 is 6.04. The molecule has 3 atom stereocenters. The first kappa shape index (κ1) is 22.7. The Kier molecular flexibility index (Phi) is 7.78. The van der Waals surface area contributed by atoms with Crippen LogP contribution in [0.15, 0.2) is 29.4 Å². The second kappa shape index (κ2) is 9.92. The third-order valence-electron chi connectivity index (χ3n) is 6.89. The lowest BCUT2D eigenvalue weighted by Crippen LogP contribution is -2.71. The van der Waals surface area contributed by atoms with Crippen molar-refractivity contribution in [2.24, 2.45) is 16.3 Å². The number of aliphatic imine (C=N–C) groups is 1. The predicted molar refractivity (Wildman–Crippen MR) is 128 cm³/mol. The van der Waals surface area contributed by atoms with E-state index < -0.39 is 0 Å². The number of likely N-dealkylation sites (tertiary alicyclic amines) is 1. The summed E-state index contributed by atoms with van der Waals surface area (Å²) in [6, 6.07) is 7.07. The van der Waals surface area contributed by atoms with Crippen LogP contribution in [0.5, 0.6) is 0 Å². The Morgan fingerprint density at radius 3 is 2.72 bits per heavy atom. The maximum absolute atomic E-state index is 6.04. The molecule has 3 aliphatic rings. The highest BCUT2D eigenvalue weighted by atomic mass is 127. The van der Waals surface area contributed by atoms with E-state index in [1.165, 1.54) is 12.8 Å². The lowest BCUT2D eigenvalue weighted by atomic mass is 9.55. The fourth-order valence-corrected chi connectivity index (χ4v) is 5.28. The van der Waals surface area contributed by atoms with Crippen LogP contribution >= 0.6 is 24.0 Å². The maximum atomic E-state index is 6.04. The van der Waals surface area contributed by atoms with Crippen molar-refractivity contribution in [1.82, 2.24) is 20.5 Å². The average Bonchev–Trinajstić information content (AvgIpc) is 2.73. The Bertz CT molecular complexity index is 675. The molecule has 1 aliphatic carbocycles. The molecular formula is C22H36IN5O. The van der Waals surface area contributed by atoms with Crippen molar-refractivity contribution in [2.45, 2.75) is 64.3 Å². The number of nitrogens with one attached hydrogen (secondary N) is 2. The lowest BCUT2D eigenvalue weighted by Gasteiger charge is -2.60. The van der Waals surface area contributed by atoms with Crippen molar-refractivity contribution < 1.29 is 4.74 Å². The van der Waals surface area contributed by atoms with Gasteiger partial charge in [0.2, 0.25) is 0 Å². The molecule has 2 aliphatic heterocycles. The van der Waals surface area contributed by atoms with Crippen LogP contribution in [-0.2, 0) is 11.3 Å². The van der Waals surface area contributed by atoms with Crippen LogP contribution in [-0.4, -0.2) is 60.8 Å². The van der Waals surface area contributed by atoms with Crippen LogP contribution in [0, 0.1) is 11.3 Å². The minimum absolute atomic E-state index is 0. The molecule has 1 aromatic rings. The van der Waals surface area contributed by atoms with Gasteiger partial charge in [-0.05, 0) is 37.8 Å². The predicted octanol–water partition coefficient (Wildman–Crippen LogP) is 3.03. The van der Waals surface area contributed by atoms with Crippen molar-refractivity contribution in [1.29, 1.82) is 0 Å². The molecule has 29 heavy (non-hydrogen) atoms. The van der Waals surface area contributed by atoms with Gasteiger partial charge >= 0.3 is 0 Å².